The van der Waals surface area contributed by atoms with Gasteiger partial charge in [0.25, 0.3) is 10.0 Å². The molecule has 0 aliphatic carbocycles. The summed E-state index contributed by atoms with van der Waals surface area (Å²) < 4.78 is 34.8. The maximum Gasteiger partial charge on any atom is 0.264 e. The van der Waals surface area contributed by atoms with Crippen LogP contribution in [0.3, 0.4) is 0 Å². The van der Waals surface area contributed by atoms with E-state index in [2.05, 4.69) is 10.0 Å². The van der Waals surface area contributed by atoms with Crippen LogP contribution in [0.1, 0.15) is 4.88 Å². The van der Waals surface area contributed by atoms with Gasteiger partial charge in [0.05, 0.1) is 29.6 Å². The molecular formula is C26H28Cl2N4O5S2. The van der Waals surface area contributed by atoms with Crippen LogP contribution in [0.5, 0.6) is 0 Å². The molecule has 0 spiro atoms. The molecule has 1 saturated heterocycles. The molecule has 2 amide bonds. The molecule has 3 aromatic rings. The average Bonchev–Trinajstić information content (AvgIpc) is 3.44. The van der Waals surface area contributed by atoms with E-state index < -0.39 is 10.0 Å². The highest BCUT2D eigenvalue weighted by atomic mass is 35.5. The first kappa shape index (κ1) is 30.5. The van der Waals surface area contributed by atoms with E-state index in [9.17, 15) is 18.0 Å². The van der Waals surface area contributed by atoms with Gasteiger partial charge in [-0.2, -0.15) is 0 Å². The lowest BCUT2D eigenvalue weighted by molar-refractivity contribution is -0.116. The topological polar surface area (TPSA) is 108 Å². The fourth-order valence-corrected chi connectivity index (χ4v) is 5.71. The third-order valence-electron chi connectivity index (χ3n) is 5.19. The van der Waals surface area contributed by atoms with Crippen LogP contribution in [-0.2, 0) is 24.3 Å². The highest BCUT2D eigenvalue weighted by Gasteiger charge is 2.25. The lowest BCUT2D eigenvalue weighted by Crippen LogP contribution is -2.37. The molecule has 39 heavy (non-hydrogen) atoms. The van der Waals surface area contributed by atoms with Gasteiger partial charge < -0.3 is 19.9 Å². The summed E-state index contributed by atoms with van der Waals surface area (Å²) in [5.74, 6) is -0.373. The Morgan fingerprint density at radius 1 is 1.10 bits per heavy atom. The van der Waals surface area contributed by atoms with E-state index in [1.165, 1.54) is 40.5 Å². The number of ether oxygens (including phenoxy) is 1. The molecule has 0 saturated carbocycles. The molecule has 4 rings (SSSR count). The van der Waals surface area contributed by atoms with Crippen LogP contribution in [0.25, 0.3) is 6.08 Å². The van der Waals surface area contributed by atoms with Crippen molar-refractivity contribution in [1.82, 2.24) is 4.90 Å². The Hall–Kier alpha value is -3.09. The lowest BCUT2D eigenvalue weighted by Gasteiger charge is -2.30. The first-order valence-corrected chi connectivity index (χ1v) is 14.8. The van der Waals surface area contributed by atoms with E-state index in [1.54, 1.807) is 38.4 Å². The number of nitrogens with one attached hydrogen (secondary N) is 2. The first-order chi connectivity index (χ1) is 18.6. The predicted octanol–water partition coefficient (Wildman–Crippen LogP) is 5.05. The number of thiophene rings is 1. The SMILES string of the molecule is CN(C)C=O.O=C(/C=C/c1cccs1)Nc1ccc(N2CCOCC2)c(S(=O)(=O)Nc2cc(Cl)ccc2Cl)c1. The Morgan fingerprint density at radius 2 is 1.82 bits per heavy atom. The zero-order valence-corrected chi connectivity index (χ0v) is 24.4. The van der Waals surface area contributed by atoms with Crippen molar-refractivity contribution in [2.24, 2.45) is 0 Å². The van der Waals surface area contributed by atoms with Gasteiger partial charge in [0.15, 0.2) is 0 Å². The summed E-state index contributed by atoms with van der Waals surface area (Å²) in [5, 5.41) is 5.20. The van der Waals surface area contributed by atoms with Crippen LogP contribution in [0.15, 0.2) is 64.9 Å². The zero-order valence-electron chi connectivity index (χ0n) is 21.3. The molecule has 2 aromatic carbocycles. The molecule has 0 unspecified atom stereocenters. The second kappa shape index (κ2) is 14.3. The summed E-state index contributed by atoms with van der Waals surface area (Å²) in [5.41, 5.74) is 1.01. The van der Waals surface area contributed by atoms with Gasteiger partial charge in [-0.05, 0) is 53.9 Å². The molecular weight excluding hydrogens is 583 g/mol. The number of carbonyl (C=O) groups is 2. The summed E-state index contributed by atoms with van der Waals surface area (Å²) in [6.45, 7) is 2.05. The summed E-state index contributed by atoms with van der Waals surface area (Å²) in [4.78, 5) is 26.2. The molecule has 13 heteroatoms. The lowest BCUT2D eigenvalue weighted by atomic mass is 10.2. The normalized spacial score (nSPS) is 13.4. The highest BCUT2D eigenvalue weighted by molar-refractivity contribution is 7.93. The molecule has 2 N–H and O–H groups in total. The Labute approximate surface area is 242 Å². The summed E-state index contributed by atoms with van der Waals surface area (Å²) in [6, 6.07) is 13.1. The molecule has 0 radical (unpaired) electrons. The van der Waals surface area contributed by atoms with Crippen LogP contribution < -0.4 is 14.9 Å². The summed E-state index contributed by atoms with van der Waals surface area (Å²) in [6.07, 6.45) is 3.85. The number of rotatable bonds is 8. The second-order valence-electron chi connectivity index (χ2n) is 8.42. The van der Waals surface area contributed by atoms with E-state index in [0.717, 1.165) is 11.3 Å². The van der Waals surface area contributed by atoms with E-state index in [4.69, 9.17) is 27.9 Å². The zero-order chi connectivity index (χ0) is 28.4. The molecule has 2 heterocycles. The van der Waals surface area contributed by atoms with Gasteiger partial charge >= 0.3 is 0 Å². The number of anilines is 3. The van der Waals surface area contributed by atoms with Crippen LogP contribution in [-0.4, -0.2) is 66.0 Å². The van der Waals surface area contributed by atoms with Crippen molar-refractivity contribution in [2.45, 2.75) is 4.90 Å². The van der Waals surface area contributed by atoms with Crippen LogP contribution in [0.4, 0.5) is 17.1 Å². The molecule has 1 aliphatic rings. The minimum atomic E-state index is -4.08. The summed E-state index contributed by atoms with van der Waals surface area (Å²) in [7, 11) is -0.707. The van der Waals surface area contributed by atoms with Gasteiger partial charge in [-0.15, -0.1) is 11.3 Å². The van der Waals surface area contributed by atoms with Gasteiger partial charge in [0, 0.05) is 48.8 Å². The molecule has 208 valence electrons. The third-order valence-corrected chi connectivity index (χ3v) is 7.99. The van der Waals surface area contributed by atoms with Crippen LogP contribution >= 0.6 is 34.5 Å². The number of halogens is 2. The Kier molecular flexibility index (Phi) is 11.2. The number of amides is 2. The van der Waals surface area contributed by atoms with E-state index >= 15 is 0 Å². The second-order valence-corrected chi connectivity index (χ2v) is 11.9. The minimum Gasteiger partial charge on any atom is -0.378 e. The Bertz CT molecular complexity index is 1410. The molecule has 1 fully saturated rings. The van der Waals surface area contributed by atoms with Crippen molar-refractivity contribution in [3.05, 3.63) is 74.9 Å². The van der Waals surface area contributed by atoms with Gasteiger partial charge in [-0.25, -0.2) is 8.42 Å². The number of benzene rings is 2. The smallest absolute Gasteiger partial charge is 0.264 e. The number of morpholine rings is 1. The van der Waals surface area contributed by atoms with Crippen molar-refractivity contribution in [2.75, 3.05) is 55.3 Å². The highest BCUT2D eigenvalue weighted by Crippen LogP contribution is 2.33. The standard InChI is InChI=1S/C23H21Cl2N3O4S2.C3H7NO/c24-16-3-6-19(25)20(14-16)27-34(30,31)22-15-17(4-7-21(22)28-9-11-32-12-10-28)26-23(29)8-5-18-2-1-13-33-18;1-4(2)3-5/h1-8,13-15,27H,9-12H2,(H,26,29);3H,1-2H3/b8-5+;. The van der Waals surface area contributed by atoms with E-state index in [1.807, 2.05) is 22.4 Å². The number of carbonyl (C=O) groups excluding carboxylic acids is 2. The van der Waals surface area contributed by atoms with Crippen molar-refractivity contribution < 1.29 is 22.7 Å². The monoisotopic (exact) mass is 610 g/mol. The molecule has 0 bridgehead atoms. The first-order valence-electron chi connectivity index (χ1n) is 11.7. The largest absolute Gasteiger partial charge is 0.378 e. The van der Waals surface area contributed by atoms with Crippen molar-refractivity contribution in [3.8, 4) is 0 Å². The minimum absolute atomic E-state index is 0.00507. The Morgan fingerprint density at radius 3 is 2.46 bits per heavy atom. The van der Waals surface area contributed by atoms with Gasteiger partial charge in [0.1, 0.15) is 4.90 Å². The van der Waals surface area contributed by atoms with E-state index in [0.29, 0.717) is 42.7 Å². The molecule has 0 atom stereocenters. The van der Waals surface area contributed by atoms with Crippen LogP contribution in [0.2, 0.25) is 10.0 Å². The van der Waals surface area contributed by atoms with E-state index in [-0.39, 0.29) is 21.5 Å². The predicted molar refractivity (Wildman–Crippen MR) is 158 cm³/mol. The maximum atomic E-state index is 13.5. The molecule has 9 nitrogen and oxygen atoms in total. The fraction of sp³-hybridized carbons (Fsp3) is 0.231. The van der Waals surface area contributed by atoms with Gasteiger partial charge in [-0.1, -0.05) is 29.3 Å². The maximum absolute atomic E-state index is 13.5. The van der Waals surface area contributed by atoms with Crippen LogP contribution in [0, 0.1) is 0 Å². The van der Waals surface area contributed by atoms with Gasteiger partial charge in [-0.3, -0.25) is 14.3 Å². The average molecular weight is 612 g/mol. The number of hydrogen-bond donors (Lipinski definition) is 2. The molecule has 1 aliphatic heterocycles. The summed E-state index contributed by atoms with van der Waals surface area (Å²) >= 11 is 13.7. The molecule has 1 aromatic heterocycles. The Balaban J connectivity index is 0.000000771. The quantitative estimate of drug-likeness (QED) is 0.273. The number of nitrogens with zero attached hydrogens (tertiary/aromatic N) is 2. The van der Waals surface area contributed by atoms with Crippen molar-refractivity contribution in [1.29, 1.82) is 0 Å². The van der Waals surface area contributed by atoms with Gasteiger partial charge in [0.2, 0.25) is 12.3 Å². The van der Waals surface area contributed by atoms with Crippen molar-refractivity contribution >= 4 is 80.0 Å². The van der Waals surface area contributed by atoms with Crippen molar-refractivity contribution in [3.63, 3.8) is 0 Å². The third kappa shape index (κ3) is 9.26. The fourth-order valence-electron chi connectivity index (χ4n) is 3.38. The number of hydrogen-bond acceptors (Lipinski definition) is 7. The number of sulfonamides is 1.